The van der Waals surface area contributed by atoms with E-state index >= 15 is 0 Å². The molecule has 2 rings (SSSR count). The maximum atomic E-state index is 12.4. The zero-order valence-electron chi connectivity index (χ0n) is 9.71. The van der Waals surface area contributed by atoms with Gasteiger partial charge in [0.05, 0.1) is 0 Å². The second kappa shape index (κ2) is 4.56. The molecule has 0 saturated heterocycles. The molecule has 0 atom stereocenters. The van der Waals surface area contributed by atoms with Gasteiger partial charge in [-0.3, -0.25) is 9.59 Å². The number of aliphatic carboxylic acids is 1. The molecule has 0 aliphatic heterocycles. The predicted octanol–water partition coefficient (Wildman–Crippen LogP) is 2.78. The van der Waals surface area contributed by atoms with Gasteiger partial charge in [-0.15, -0.1) is 0 Å². The highest BCUT2D eigenvalue weighted by atomic mass is 16.4. The molecule has 16 heavy (non-hydrogen) atoms. The molecule has 0 bridgehead atoms. The number of ketones is 1. The van der Waals surface area contributed by atoms with Crippen LogP contribution < -0.4 is 0 Å². The summed E-state index contributed by atoms with van der Waals surface area (Å²) in [6.07, 6.45) is 8.12. The number of hydrogen-bond donors (Lipinski definition) is 1. The molecule has 1 N–H and O–H groups in total. The Balaban J connectivity index is 2.13. The lowest BCUT2D eigenvalue weighted by atomic mass is 9.72. The average molecular weight is 224 g/mol. The molecular formula is C13H20O3. The van der Waals surface area contributed by atoms with E-state index in [1.807, 2.05) is 0 Å². The van der Waals surface area contributed by atoms with Crippen LogP contribution >= 0.6 is 0 Å². The van der Waals surface area contributed by atoms with Crippen LogP contribution in [-0.4, -0.2) is 16.9 Å². The zero-order valence-corrected chi connectivity index (χ0v) is 9.71. The second-order valence-electron chi connectivity index (χ2n) is 5.29. The third-order valence-electron chi connectivity index (χ3n) is 4.31. The monoisotopic (exact) mass is 224 g/mol. The molecule has 0 radical (unpaired) electrons. The summed E-state index contributed by atoms with van der Waals surface area (Å²) in [6, 6.07) is 0. The summed E-state index contributed by atoms with van der Waals surface area (Å²) in [4.78, 5) is 23.8. The van der Waals surface area contributed by atoms with Crippen molar-refractivity contribution in [2.45, 2.75) is 57.8 Å². The summed E-state index contributed by atoms with van der Waals surface area (Å²) >= 11 is 0. The summed E-state index contributed by atoms with van der Waals surface area (Å²) in [5, 5.41) is 9.34. The third kappa shape index (κ3) is 1.87. The molecule has 0 aromatic heterocycles. The van der Waals surface area contributed by atoms with Crippen molar-refractivity contribution in [1.29, 1.82) is 0 Å². The van der Waals surface area contributed by atoms with E-state index in [0.717, 1.165) is 38.5 Å². The summed E-state index contributed by atoms with van der Waals surface area (Å²) in [5.41, 5.74) is -1.01. The van der Waals surface area contributed by atoms with E-state index in [1.54, 1.807) is 0 Å². The van der Waals surface area contributed by atoms with Crippen LogP contribution in [0.5, 0.6) is 0 Å². The number of rotatable bonds is 3. The van der Waals surface area contributed by atoms with Gasteiger partial charge in [-0.05, 0) is 25.7 Å². The largest absolute Gasteiger partial charge is 0.480 e. The minimum absolute atomic E-state index is 0.0305. The van der Waals surface area contributed by atoms with Gasteiger partial charge in [0.1, 0.15) is 5.41 Å². The van der Waals surface area contributed by atoms with Gasteiger partial charge in [-0.1, -0.05) is 32.1 Å². The summed E-state index contributed by atoms with van der Waals surface area (Å²) < 4.78 is 0. The van der Waals surface area contributed by atoms with E-state index in [-0.39, 0.29) is 11.7 Å². The number of carbonyl (C=O) groups is 2. The van der Waals surface area contributed by atoms with Gasteiger partial charge in [0.15, 0.2) is 5.78 Å². The van der Waals surface area contributed by atoms with E-state index < -0.39 is 11.4 Å². The maximum absolute atomic E-state index is 12.4. The van der Waals surface area contributed by atoms with Crippen molar-refractivity contribution in [1.82, 2.24) is 0 Å². The van der Waals surface area contributed by atoms with Crippen molar-refractivity contribution < 1.29 is 14.7 Å². The smallest absolute Gasteiger partial charge is 0.317 e. The first kappa shape index (κ1) is 11.6. The highest BCUT2D eigenvalue weighted by Gasteiger charge is 2.49. The van der Waals surface area contributed by atoms with Gasteiger partial charge in [0, 0.05) is 5.92 Å². The van der Waals surface area contributed by atoms with E-state index in [0.29, 0.717) is 12.8 Å². The maximum Gasteiger partial charge on any atom is 0.317 e. The van der Waals surface area contributed by atoms with E-state index in [4.69, 9.17) is 0 Å². The molecule has 0 unspecified atom stereocenters. The van der Waals surface area contributed by atoms with E-state index in [2.05, 4.69) is 0 Å². The van der Waals surface area contributed by atoms with Crippen molar-refractivity contribution in [2.24, 2.45) is 11.3 Å². The molecule has 0 aromatic rings. The molecule has 0 aromatic carbocycles. The number of hydrogen-bond acceptors (Lipinski definition) is 2. The Hall–Kier alpha value is -0.860. The summed E-state index contributed by atoms with van der Waals surface area (Å²) in [7, 11) is 0. The number of carboxylic acids is 1. The normalized spacial score (nSPS) is 25.5. The van der Waals surface area contributed by atoms with Gasteiger partial charge in [-0.25, -0.2) is 0 Å². The van der Waals surface area contributed by atoms with E-state index in [1.165, 1.54) is 6.42 Å². The molecule has 90 valence electrons. The molecule has 0 amide bonds. The molecule has 0 heterocycles. The Morgan fingerprint density at radius 1 is 0.938 bits per heavy atom. The van der Waals surface area contributed by atoms with Crippen molar-refractivity contribution >= 4 is 11.8 Å². The van der Waals surface area contributed by atoms with Crippen LogP contribution in [0.15, 0.2) is 0 Å². The highest BCUT2D eigenvalue weighted by Crippen LogP contribution is 2.43. The van der Waals surface area contributed by atoms with Crippen LogP contribution in [-0.2, 0) is 9.59 Å². The third-order valence-corrected chi connectivity index (χ3v) is 4.31. The highest BCUT2D eigenvalue weighted by molar-refractivity contribution is 6.04. The SMILES string of the molecule is O=C(O)C1(C(=O)C2CCCCC2)CCCC1. The number of carbonyl (C=O) groups excluding carboxylic acids is 1. The number of Topliss-reactive ketones (excluding diaryl/α,β-unsaturated/α-hetero) is 1. The Morgan fingerprint density at radius 2 is 1.50 bits per heavy atom. The molecule has 2 aliphatic carbocycles. The lowest BCUT2D eigenvalue weighted by Crippen LogP contribution is -2.41. The zero-order chi connectivity index (χ0) is 11.6. The van der Waals surface area contributed by atoms with Gasteiger partial charge in [0.2, 0.25) is 0 Å². The molecule has 2 fully saturated rings. The fourth-order valence-electron chi connectivity index (χ4n) is 3.30. The van der Waals surface area contributed by atoms with Gasteiger partial charge in [0.25, 0.3) is 0 Å². The predicted molar refractivity (Wildman–Crippen MR) is 60.1 cm³/mol. The first-order chi connectivity index (χ1) is 7.67. The van der Waals surface area contributed by atoms with Crippen LogP contribution in [0.4, 0.5) is 0 Å². The topological polar surface area (TPSA) is 54.4 Å². The summed E-state index contributed by atoms with van der Waals surface area (Å²) in [6.45, 7) is 0. The van der Waals surface area contributed by atoms with Crippen molar-refractivity contribution in [3.8, 4) is 0 Å². The first-order valence-electron chi connectivity index (χ1n) is 6.44. The lowest BCUT2D eigenvalue weighted by Gasteiger charge is -2.29. The summed E-state index contributed by atoms with van der Waals surface area (Å²) in [5.74, 6) is -0.805. The van der Waals surface area contributed by atoms with Crippen LogP contribution in [0.1, 0.15) is 57.8 Å². The quantitative estimate of drug-likeness (QED) is 0.750. The van der Waals surface area contributed by atoms with Gasteiger partial charge in [-0.2, -0.15) is 0 Å². The Labute approximate surface area is 96.2 Å². The molecule has 2 saturated carbocycles. The Bertz CT molecular complexity index is 284. The average Bonchev–Trinajstić information content (AvgIpc) is 2.79. The molecule has 0 spiro atoms. The van der Waals surface area contributed by atoms with Crippen molar-refractivity contribution in [3.05, 3.63) is 0 Å². The molecule has 3 heteroatoms. The van der Waals surface area contributed by atoms with Crippen molar-refractivity contribution in [3.63, 3.8) is 0 Å². The second-order valence-corrected chi connectivity index (χ2v) is 5.29. The first-order valence-corrected chi connectivity index (χ1v) is 6.44. The standard InChI is InChI=1S/C13H20O3/c14-11(10-6-2-1-3-7-10)13(12(15)16)8-4-5-9-13/h10H,1-9H2,(H,15,16). The van der Waals surface area contributed by atoms with Crippen LogP contribution in [0.2, 0.25) is 0 Å². The molecule has 3 nitrogen and oxygen atoms in total. The lowest BCUT2D eigenvalue weighted by molar-refractivity contribution is -0.156. The fourth-order valence-corrected chi connectivity index (χ4v) is 3.30. The Kier molecular flexibility index (Phi) is 3.31. The van der Waals surface area contributed by atoms with Gasteiger partial charge < -0.3 is 5.11 Å². The fraction of sp³-hybridized carbons (Fsp3) is 0.846. The molecular weight excluding hydrogens is 204 g/mol. The minimum atomic E-state index is -1.01. The number of carboxylic acid groups (broad SMARTS) is 1. The van der Waals surface area contributed by atoms with Gasteiger partial charge >= 0.3 is 5.97 Å². The van der Waals surface area contributed by atoms with E-state index in [9.17, 15) is 14.7 Å². The van der Waals surface area contributed by atoms with Crippen LogP contribution in [0.25, 0.3) is 0 Å². The van der Waals surface area contributed by atoms with Crippen molar-refractivity contribution in [2.75, 3.05) is 0 Å². The van der Waals surface area contributed by atoms with Crippen LogP contribution in [0, 0.1) is 11.3 Å². The van der Waals surface area contributed by atoms with Crippen LogP contribution in [0.3, 0.4) is 0 Å². The Morgan fingerprint density at radius 3 is 2.00 bits per heavy atom. The minimum Gasteiger partial charge on any atom is -0.480 e. The molecule has 2 aliphatic rings.